The van der Waals surface area contributed by atoms with Crippen molar-refractivity contribution in [3.05, 3.63) is 77.5 Å². The van der Waals surface area contributed by atoms with Crippen molar-refractivity contribution in [2.75, 3.05) is 10.6 Å². The van der Waals surface area contributed by atoms with Gasteiger partial charge in [0.25, 0.3) is 0 Å². The van der Waals surface area contributed by atoms with Gasteiger partial charge in [-0.25, -0.2) is 4.98 Å². The Balaban J connectivity index is 1.71. The average Bonchev–Trinajstić information content (AvgIpc) is 2.55. The van der Waals surface area contributed by atoms with Crippen molar-refractivity contribution in [3.63, 3.8) is 0 Å². The van der Waals surface area contributed by atoms with Crippen LogP contribution in [0.1, 0.15) is 16.8 Å². The van der Waals surface area contributed by atoms with Crippen LogP contribution in [0.2, 0.25) is 0 Å². The summed E-state index contributed by atoms with van der Waals surface area (Å²) in [5.74, 6) is 1.42. The van der Waals surface area contributed by atoms with Crippen LogP contribution in [0.4, 0.5) is 17.5 Å². The number of aromatic nitrogens is 2. The molecule has 1 heterocycles. The summed E-state index contributed by atoms with van der Waals surface area (Å²) in [4.78, 5) is 8.96. The van der Waals surface area contributed by atoms with E-state index < -0.39 is 0 Å². The van der Waals surface area contributed by atoms with Crippen LogP contribution in [0.3, 0.4) is 0 Å². The van der Waals surface area contributed by atoms with E-state index in [1.54, 1.807) is 0 Å². The van der Waals surface area contributed by atoms with Crippen molar-refractivity contribution >= 4 is 17.5 Å². The summed E-state index contributed by atoms with van der Waals surface area (Å²) in [5.41, 5.74) is 4.39. The van der Waals surface area contributed by atoms with Crippen LogP contribution in [0.25, 0.3) is 0 Å². The van der Waals surface area contributed by atoms with Gasteiger partial charge in [-0.05, 0) is 31.5 Å². The molecule has 0 atom stereocenters. The molecule has 1 aromatic heterocycles. The predicted molar refractivity (Wildman–Crippen MR) is 95.0 cm³/mol. The summed E-state index contributed by atoms with van der Waals surface area (Å²) in [6, 6.07) is 20.4. The SMILES string of the molecule is Cc1ccc(CNc2cc(C)nc(Nc3ccccc3)n2)cc1. The number of hydrogen-bond acceptors (Lipinski definition) is 4. The topological polar surface area (TPSA) is 49.8 Å². The van der Waals surface area contributed by atoms with E-state index in [-0.39, 0.29) is 0 Å². The Morgan fingerprint density at radius 2 is 1.61 bits per heavy atom. The van der Waals surface area contributed by atoms with Gasteiger partial charge in [-0.2, -0.15) is 4.98 Å². The second-order valence-electron chi connectivity index (χ2n) is 5.55. The molecule has 116 valence electrons. The number of benzene rings is 2. The minimum Gasteiger partial charge on any atom is -0.366 e. The Morgan fingerprint density at radius 3 is 2.35 bits per heavy atom. The van der Waals surface area contributed by atoms with Crippen molar-refractivity contribution in [2.24, 2.45) is 0 Å². The predicted octanol–water partition coefficient (Wildman–Crippen LogP) is 4.45. The molecule has 4 heteroatoms. The van der Waals surface area contributed by atoms with Crippen molar-refractivity contribution in [1.29, 1.82) is 0 Å². The van der Waals surface area contributed by atoms with Crippen LogP contribution >= 0.6 is 0 Å². The smallest absolute Gasteiger partial charge is 0.229 e. The third-order valence-corrected chi connectivity index (χ3v) is 3.48. The van der Waals surface area contributed by atoms with E-state index in [2.05, 4.69) is 51.8 Å². The molecule has 0 aliphatic heterocycles. The molecule has 0 saturated carbocycles. The summed E-state index contributed by atoms with van der Waals surface area (Å²) in [5, 5.41) is 6.58. The second-order valence-corrected chi connectivity index (χ2v) is 5.55. The van der Waals surface area contributed by atoms with Crippen molar-refractivity contribution < 1.29 is 0 Å². The lowest BCUT2D eigenvalue weighted by molar-refractivity contribution is 1.06. The minimum absolute atomic E-state index is 0.600. The van der Waals surface area contributed by atoms with Gasteiger partial charge in [-0.15, -0.1) is 0 Å². The first-order chi connectivity index (χ1) is 11.2. The van der Waals surface area contributed by atoms with Gasteiger partial charge in [-0.3, -0.25) is 0 Å². The molecule has 3 rings (SSSR count). The Labute approximate surface area is 136 Å². The Morgan fingerprint density at radius 1 is 0.870 bits per heavy atom. The molecule has 4 nitrogen and oxygen atoms in total. The maximum absolute atomic E-state index is 4.53. The van der Waals surface area contributed by atoms with Crippen LogP contribution in [0, 0.1) is 13.8 Å². The lowest BCUT2D eigenvalue weighted by Crippen LogP contribution is -2.05. The normalized spacial score (nSPS) is 10.3. The summed E-state index contributed by atoms with van der Waals surface area (Å²) in [7, 11) is 0. The molecule has 0 aliphatic carbocycles. The van der Waals surface area contributed by atoms with Gasteiger partial charge < -0.3 is 10.6 Å². The first-order valence-corrected chi connectivity index (χ1v) is 7.66. The molecule has 0 unspecified atom stereocenters. The molecule has 0 radical (unpaired) electrons. The molecule has 0 aliphatic rings. The van der Waals surface area contributed by atoms with Crippen LogP contribution in [-0.4, -0.2) is 9.97 Å². The number of rotatable bonds is 5. The number of para-hydroxylation sites is 1. The Bertz CT molecular complexity index is 767. The lowest BCUT2D eigenvalue weighted by Gasteiger charge is -2.10. The number of nitrogens with one attached hydrogen (secondary N) is 2. The molecule has 0 bridgehead atoms. The highest BCUT2D eigenvalue weighted by Gasteiger charge is 2.03. The van der Waals surface area contributed by atoms with Gasteiger partial charge in [0.05, 0.1) is 0 Å². The zero-order valence-corrected chi connectivity index (χ0v) is 13.4. The zero-order chi connectivity index (χ0) is 16.1. The quantitative estimate of drug-likeness (QED) is 0.731. The van der Waals surface area contributed by atoms with Crippen molar-refractivity contribution in [3.8, 4) is 0 Å². The summed E-state index contributed by atoms with van der Waals surface area (Å²) >= 11 is 0. The molecular formula is C19H20N4. The van der Waals surface area contributed by atoms with Crippen LogP contribution in [0.15, 0.2) is 60.7 Å². The van der Waals surface area contributed by atoms with Gasteiger partial charge in [0, 0.05) is 24.0 Å². The van der Waals surface area contributed by atoms with Crippen molar-refractivity contribution in [1.82, 2.24) is 9.97 Å². The van der Waals surface area contributed by atoms with Gasteiger partial charge in [0.1, 0.15) is 5.82 Å². The zero-order valence-electron chi connectivity index (χ0n) is 13.4. The third-order valence-electron chi connectivity index (χ3n) is 3.48. The first kappa shape index (κ1) is 15.0. The highest BCUT2D eigenvalue weighted by molar-refractivity contribution is 5.55. The summed E-state index contributed by atoms with van der Waals surface area (Å²) < 4.78 is 0. The fourth-order valence-corrected chi connectivity index (χ4v) is 2.26. The maximum Gasteiger partial charge on any atom is 0.229 e. The molecule has 2 aromatic carbocycles. The third kappa shape index (κ3) is 4.30. The fourth-order valence-electron chi connectivity index (χ4n) is 2.26. The largest absolute Gasteiger partial charge is 0.366 e. The van der Waals surface area contributed by atoms with E-state index >= 15 is 0 Å². The van der Waals surface area contributed by atoms with E-state index in [0.717, 1.165) is 23.7 Å². The van der Waals surface area contributed by atoms with Crippen LogP contribution in [0.5, 0.6) is 0 Å². The number of hydrogen-bond donors (Lipinski definition) is 2. The number of anilines is 3. The highest BCUT2D eigenvalue weighted by Crippen LogP contribution is 2.16. The van der Waals surface area contributed by atoms with Gasteiger partial charge in [-0.1, -0.05) is 48.0 Å². The summed E-state index contributed by atoms with van der Waals surface area (Å²) in [6.07, 6.45) is 0. The van der Waals surface area contributed by atoms with E-state index in [4.69, 9.17) is 0 Å². The maximum atomic E-state index is 4.53. The molecule has 0 amide bonds. The van der Waals surface area contributed by atoms with Gasteiger partial charge >= 0.3 is 0 Å². The van der Waals surface area contributed by atoms with Crippen molar-refractivity contribution in [2.45, 2.75) is 20.4 Å². The first-order valence-electron chi connectivity index (χ1n) is 7.66. The van der Waals surface area contributed by atoms with Gasteiger partial charge in [0.2, 0.25) is 5.95 Å². The standard InChI is InChI=1S/C19H20N4/c1-14-8-10-16(11-9-14)13-20-18-12-15(2)21-19(23-18)22-17-6-4-3-5-7-17/h3-12H,13H2,1-2H3,(H2,20,21,22,23). The monoisotopic (exact) mass is 304 g/mol. The van der Waals surface area contributed by atoms with Crippen LogP contribution in [-0.2, 0) is 6.54 Å². The minimum atomic E-state index is 0.600. The Kier molecular flexibility index (Phi) is 4.52. The highest BCUT2D eigenvalue weighted by atomic mass is 15.1. The fraction of sp³-hybridized carbons (Fsp3) is 0.158. The van der Waals surface area contributed by atoms with E-state index in [1.165, 1.54) is 11.1 Å². The molecule has 23 heavy (non-hydrogen) atoms. The van der Waals surface area contributed by atoms with Crippen LogP contribution < -0.4 is 10.6 Å². The van der Waals surface area contributed by atoms with Gasteiger partial charge in [0.15, 0.2) is 0 Å². The molecule has 0 saturated heterocycles. The molecule has 2 N–H and O–H groups in total. The summed E-state index contributed by atoms with van der Waals surface area (Å²) in [6.45, 7) is 4.79. The lowest BCUT2D eigenvalue weighted by atomic mass is 10.1. The van der Waals surface area contributed by atoms with E-state index in [0.29, 0.717) is 5.95 Å². The van der Waals surface area contributed by atoms with E-state index in [1.807, 2.05) is 43.3 Å². The second kappa shape index (κ2) is 6.92. The number of nitrogens with zero attached hydrogens (tertiary/aromatic N) is 2. The molecule has 0 spiro atoms. The Hall–Kier alpha value is -2.88. The van der Waals surface area contributed by atoms with E-state index in [9.17, 15) is 0 Å². The molecular weight excluding hydrogens is 284 g/mol. The average molecular weight is 304 g/mol. The molecule has 0 fully saturated rings. The molecule has 3 aromatic rings. The number of aryl methyl sites for hydroxylation is 2.